The Morgan fingerprint density at radius 1 is 1.05 bits per heavy atom. The fourth-order valence-electron chi connectivity index (χ4n) is 3.70. The van der Waals surface area contributed by atoms with Crippen molar-refractivity contribution in [2.75, 3.05) is 0 Å². The van der Waals surface area contributed by atoms with E-state index in [4.69, 9.17) is 0 Å². The minimum atomic E-state index is 0.520. The Hall–Kier alpha value is -0.820. The molecule has 3 atom stereocenters. The second kappa shape index (κ2) is 7.98. The maximum absolute atomic E-state index is 3.94. The van der Waals surface area contributed by atoms with Crippen LogP contribution >= 0.6 is 0 Å². The monoisotopic (exact) mass is 287 g/mol. The van der Waals surface area contributed by atoms with Gasteiger partial charge in [-0.15, -0.1) is 0 Å². The summed E-state index contributed by atoms with van der Waals surface area (Å²) in [6.45, 7) is 9.24. The molecular weight excluding hydrogens is 254 g/mol. The van der Waals surface area contributed by atoms with Crippen LogP contribution in [0.1, 0.15) is 76.5 Å². The van der Waals surface area contributed by atoms with Gasteiger partial charge >= 0.3 is 0 Å². The van der Waals surface area contributed by atoms with E-state index in [2.05, 4.69) is 57.3 Å². The third-order valence-corrected chi connectivity index (χ3v) is 5.28. The minimum Gasteiger partial charge on any atom is -0.307 e. The number of nitrogens with one attached hydrogen (secondary N) is 1. The quantitative estimate of drug-likeness (QED) is 0.691. The third-order valence-electron chi connectivity index (χ3n) is 5.28. The van der Waals surface area contributed by atoms with Crippen molar-refractivity contribution in [3.8, 4) is 0 Å². The molecule has 1 nitrogen and oxygen atoms in total. The van der Waals surface area contributed by atoms with Crippen molar-refractivity contribution in [1.29, 1.82) is 0 Å². The highest BCUT2D eigenvalue weighted by Crippen LogP contribution is 2.30. The lowest BCUT2D eigenvalue weighted by Gasteiger charge is -2.25. The molecule has 0 heterocycles. The maximum Gasteiger partial charge on any atom is 0.0320 e. The van der Waals surface area contributed by atoms with Crippen LogP contribution < -0.4 is 5.32 Å². The Kier molecular flexibility index (Phi) is 6.29. The standard InChI is InChI=1S/C20H33N/c1-5-20(18-11-9-16(4)10-12-18)21-19-8-6-7-17(13-14-19)15(2)3/h9-12,15,17,19-21H,5-8,13-14H2,1-4H3. The van der Waals surface area contributed by atoms with Crippen molar-refractivity contribution >= 4 is 0 Å². The van der Waals surface area contributed by atoms with Crippen LogP contribution in [0.2, 0.25) is 0 Å². The van der Waals surface area contributed by atoms with E-state index in [0.29, 0.717) is 12.1 Å². The number of rotatable bonds is 5. The van der Waals surface area contributed by atoms with Crippen molar-refractivity contribution < 1.29 is 0 Å². The zero-order chi connectivity index (χ0) is 15.2. The molecule has 1 aliphatic carbocycles. The Bertz CT molecular complexity index is 406. The maximum atomic E-state index is 3.94. The lowest BCUT2D eigenvalue weighted by Crippen LogP contribution is -2.32. The largest absolute Gasteiger partial charge is 0.307 e. The van der Waals surface area contributed by atoms with Crippen molar-refractivity contribution in [2.45, 2.75) is 78.3 Å². The molecule has 21 heavy (non-hydrogen) atoms. The second-order valence-corrected chi connectivity index (χ2v) is 7.25. The van der Waals surface area contributed by atoms with E-state index in [1.54, 1.807) is 0 Å². The Balaban J connectivity index is 1.94. The lowest BCUT2D eigenvalue weighted by atomic mass is 9.89. The van der Waals surface area contributed by atoms with E-state index in [1.165, 1.54) is 49.7 Å². The van der Waals surface area contributed by atoms with E-state index >= 15 is 0 Å². The molecule has 0 radical (unpaired) electrons. The van der Waals surface area contributed by atoms with Crippen LogP contribution in [0.5, 0.6) is 0 Å². The molecule has 0 bridgehead atoms. The zero-order valence-electron chi connectivity index (χ0n) is 14.4. The van der Waals surface area contributed by atoms with Crippen LogP contribution in [0.3, 0.4) is 0 Å². The number of hydrogen-bond acceptors (Lipinski definition) is 1. The average Bonchev–Trinajstić information content (AvgIpc) is 2.71. The third kappa shape index (κ3) is 4.85. The number of hydrogen-bond donors (Lipinski definition) is 1. The summed E-state index contributed by atoms with van der Waals surface area (Å²) in [7, 11) is 0. The molecular formula is C20H33N. The normalized spacial score (nSPS) is 24.8. The Morgan fingerprint density at radius 2 is 1.76 bits per heavy atom. The first-order valence-electron chi connectivity index (χ1n) is 8.92. The summed E-state index contributed by atoms with van der Waals surface area (Å²) < 4.78 is 0. The molecule has 1 fully saturated rings. The van der Waals surface area contributed by atoms with Crippen molar-refractivity contribution in [2.24, 2.45) is 11.8 Å². The van der Waals surface area contributed by atoms with Gasteiger partial charge in [-0.05, 0) is 50.0 Å². The molecule has 1 aromatic rings. The van der Waals surface area contributed by atoms with Crippen LogP contribution in [0, 0.1) is 18.8 Å². The molecule has 118 valence electrons. The van der Waals surface area contributed by atoms with E-state index in [1.807, 2.05) is 0 Å². The molecule has 1 saturated carbocycles. The summed E-state index contributed by atoms with van der Waals surface area (Å²) in [5, 5.41) is 3.94. The zero-order valence-corrected chi connectivity index (χ0v) is 14.4. The van der Waals surface area contributed by atoms with Gasteiger partial charge in [0.25, 0.3) is 0 Å². The van der Waals surface area contributed by atoms with Crippen LogP contribution in [0.25, 0.3) is 0 Å². The van der Waals surface area contributed by atoms with Gasteiger partial charge in [0.2, 0.25) is 0 Å². The topological polar surface area (TPSA) is 12.0 Å². The molecule has 0 aliphatic heterocycles. The lowest BCUT2D eigenvalue weighted by molar-refractivity contribution is 0.333. The average molecular weight is 287 g/mol. The predicted molar refractivity (Wildman–Crippen MR) is 92.5 cm³/mol. The summed E-state index contributed by atoms with van der Waals surface area (Å²) in [6, 6.07) is 10.3. The van der Waals surface area contributed by atoms with Crippen LogP contribution in [-0.2, 0) is 0 Å². The highest BCUT2D eigenvalue weighted by molar-refractivity contribution is 5.24. The first kappa shape index (κ1) is 16.5. The van der Waals surface area contributed by atoms with Gasteiger partial charge in [-0.3, -0.25) is 0 Å². The smallest absolute Gasteiger partial charge is 0.0320 e. The molecule has 1 heteroatoms. The Labute approximate surface area is 131 Å². The summed E-state index contributed by atoms with van der Waals surface area (Å²) in [5.41, 5.74) is 2.80. The van der Waals surface area contributed by atoms with E-state index < -0.39 is 0 Å². The van der Waals surface area contributed by atoms with Gasteiger partial charge in [0.1, 0.15) is 0 Å². The second-order valence-electron chi connectivity index (χ2n) is 7.25. The predicted octanol–water partition coefficient (Wildman–Crippen LogP) is 5.64. The molecule has 0 aromatic heterocycles. The molecule has 0 amide bonds. The summed E-state index contributed by atoms with van der Waals surface area (Å²) in [4.78, 5) is 0. The summed E-state index contributed by atoms with van der Waals surface area (Å²) in [6.07, 6.45) is 8.10. The van der Waals surface area contributed by atoms with Crippen LogP contribution in [-0.4, -0.2) is 6.04 Å². The fraction of sp³-hybridized carbons (Fsp3) is 0.700. The molecule has 3 unspecified atom stereocenters. The highest BCUT2D eigenvalue weighted by atomic mass is 14.9. The van der Waals surface area contributed by atoms with Crippen LogP contribution in [0.4, 0.5) is 0 Å². The number of benzene rings is 1. The summed E-state index contributed by atoms with van der Waals surface area (Å²) in [5.74, 6) is 1.79. The molecule has 1 N–H and O–H groups in total. The van der Waals surface area contributed by atoms with Gasteiger partial charge in [0, 0.05) is 12.1 Å². The molecule has 2 rings (SSSR count). The van der Waals surface area contributed by atoms with E-state index in [9.17, 15) is 0 Å². The SMILES string of the molecule is CCC(NC1CCCC(C(C)C)CC1)c1ccc(C)cc1. The van der Waals surface area contributed by atoms with E-state index in [0.717, 1.165) is 11.8 Å². The van der Waals surface area contributed by atoms with E-state index in [-0.39, 0.29) is 0 Å². The van der Waals surface area contributed by atoms with Gasteiger partial charge in [0.05, 0.1) is 0 Å². The van der Waals surface area contributed by atoms with Crippen molar-refractivity contribution in [1.82, 2.24) is 5.32 Å². The van der Waals surface area contributed by atoms with Gasteiger partial charge in [-0.1, -0.05) is 63.4 Å². The minimum absolute atomic E-state index is 0.520. The first-order chi connectivity index (χ1) is 10.1. The molecule has 0 spiro atoms. The Morgan fingerprint density at radius 3 is 2.38 bits per heavy atom. The van der Waals surface area contributed by atoms with Crippen molar-refractivity contribution in [3.05, 3.63) is 35.4 Å². The summed E-state index contributed by atoms with van der Waals surface area (Å²) >= 11 is 0. The van der Waals surface area contributed by atoms with Crippen molar-refractivity contribution in [3.63, 3.8) is 0 Å². The number of aryl methyl sites for hydroxylation is 1. The van der Waals surface area contributed by atoms with Gasteiger partial charge in [0.15, 0.2) is 0 Å². The molecule has 1 aliphatic rings. The highest BCUT2D eigenvalue weighted by Gasteiger charge is 2.22. The van der Waals surface area contributed by atoms with Gasteiger partial charge < -0.3 is 5.32 Å². The van der Waals surface area contributed by atoms with Crippen LogP contribution in [0.15, 0.2) is 24.3 Å². The van der Waals surface area contributed by atoms with Gasteiger partial charge in [-0.2, -0.15) is 0 Å². The van der Waals surface area contributed by atoms with Gasteiger partial charge in [-0.25, -0.2) is 0 Å². The molecule has 1 aromatic carbocycles. The fourth-order valence-corrected chi connectivity index (χ4v) is 3.70. The first-order valence-corrected chi connectivity index (χ1v) is 8.92. The molecule has 0 saturated heterocycles.